The molecule has 1 rings (SSSR count). The number of nitrogens with one attached hydrogen (secondary N) is 1. The predicted molar refractivity (Wildman–Crippen MR) is 81.0 cm³/mol. The first-order valence-corrected chi connectivity index (χ1v) is 8.63. The van der Waals surface area contributed by atoms with Gasteiger partial charge in [-0.15, -0.1) is 0 Å². The van der Waals surface area contributed by atoms with Gasteiger partial charge in [0, 0.05) is 27.8 Å². The monoisotopic (exact) mass is 337 g/mol. The summed E-state index contributed by atoms with van der Waals surface area (Å²) in [5, 5.41) is 2.94. The second kappa shape index (κ2) is 5.92. The van der Waals surface area contributed by atoms with Gasteiger partial charge in [0.15, 0.2) is 0 Å². The molecule has 1 aromatic carbocycles. The molecule has 0 heterocycles. The van der Waals surface area contributed by atoms with Crippen LogP contribution in [0, 0.1) is 12.3 Å². The van der Waals surface area contributed by atoms with Gasteiger partial charge in [0.05, 0.1) is 4.90 Å². The Morgan fingerprint density at radius 3 is 2.30 bits per heavy atom. The number of hydrogen-bond acceptors (Lipinski definition) is 3. The van der Waals surface area contributed by atoms with Crippen molar-refractivity contribution in [2.24, 2.45) is 5.41 Å². The molecule has 0 aromatic heterocycles. The lowest BCUT2D eigenvalue weighted by molar-refractivity contribution is 0.0938. The van der Waals surface area contributed by atoms with Crippen molar-refractivity contribution in [1.29, 1.82) is 0 Å². The van der Waals surface area contributed by atoms with Crippen LogP contribution in [0.15, 0.2) is 17.0 Å². The number of halogens is 2. The number of hydrogen-bond donors (Lipinski definition) is 1. The Labute approximate surface area is 128 Å². The molecule has 0 fully saturated rings. The van der Waals surface area contributed by atoms with Gasteiger partial charge in [-0.3, -0.25) is 4.79 Å². The molecule has 7 heteroatoms. The predicted octanol–water partition coefficient (Wildman–Crippen LogP) is 3.35. The topological polar surface area (TPSA) is 63.2 Å². The zero-order valence-corrected chi connectivity index (χ0v) is 14.1. The summed E-state index contributed by atoms with van der Waals surface area (Å²) < 4.78 is 22.7. The third kappa shape index (κ3) is 4.65. The normalized spacial score (nSPS) is 12.3. The maximum atomic E-state index is 12.1. The van der Waals surface area contributed by atoms with E-state index >= 15 is 0 Å². The molecule has 0 saturated carbocycles. The SMILES string of the molecule is Cc1c(Cl)cc(S(=O)(=O)Cl)cc1C(=O)NCC(C)(C)C. The minimum absolute atomic E-state index is 0.0798. The van der Waals surface area contributed by atoms with E-state index in [9.17, 15) is 13.2 Å². The van der Waals surface area contributed by atoms with Crippen molar-refractivity contribution in [1.82, 2.24) is 5.32 Å². The summed E-state index contributed by atoms with van der Waals surface area (Å²) >= 11 is 5.96. The molecule has 0 bridgehead atoms. The molecular formula is C13H17Cl2NO3S. The molecular weight excluding hydrogens is 321 g/mol. The molecule has 0 aliphatic carbocycles. The van der Waals surface area contributed by atoms with Gasteiger partial charge in [-0.05, 0) is 30.0 Å². The lowest BCUT2D eigenvalue weighted by atomic mass is 9.96. The second-order valence-electron chi connectivity index (χ2n) is 5.76. The Kier molecular flexibility index (Phi) is 5.11. The van der Waals surface area contributed by atoms with Crippen LogP contribution in [0.4, 0.5) is 0 Å². The first-order valence-electron chi connectivity index (χ1n) is 5.95. The highest BCUT2D eigenvalue weighted by atomic mass is 35.7. The van der Waals surface area contributed by atoms with E-state index in [4.69, 9.17) is 22.3 Å². The number of carbonyl (C=O) groups excluding carboxylic acids is 1. The van der Waals surface area contributed by atoms with Gasteiger partial charge in [0.25, 0.3) is 15.0 Å². The Morgan fingerprint density at radius 1 is 1.30 bits per heavy atom. The van der Waals surface area contributed by atoms with E-state index < -0.39 is 9.05 Å². The average molecular weight is 338 g/mol. The molecule has 1 N–H and O–H groups in total. The van der Waals surface area contributed by atoms with Gasteiger partial charge in [-0.25, -0.2) is 8.42 Å². The maximum absolute atomic E-state index is 12.1. The highest BCUT2D eigenvalue weighted by molar-refractivity contribution is 8.13. The van der Waals surface area contributed by atoms with Crippen molar-refractivity contribution >= 4 is 37.2 Å². The van der Waals surface area contributed by atoms with Crippen LogP contribution in [-0.2, 0) is 9.05 Å². The Hall–Kier alpha value is -0.780. The fourth-order valence-corrected chi connectivity index (χ4v) is 2.54. The summed E-state index contributed by atoms with van der Waals surface area (Å²) in [6, 6.07) is 2.47. The molecule has 0 radical (unpaired) electrons. The first-order chi connectivity index (χ1) is 8.92. The lowest BCUT2D eigenvalue weighted by Crippen LogP contribution is -2.32. The third-order valence-electron chi connectivity index (χ3n) is 2.62. The largest absolute Gasteiger partial charge is 0.352 e. The van der Waals surface area contributed by atoms with Gasteiger partial charge in [-0.2, -0.15) is 0 Å². The standard InChI is InChI=1S/C13H17Cl2NO3S/c1-8-10(12(17)16-7-13(2,3)4)5-9(6-11(8)14)20(15,18)19/h5-6H,7H2,1-4H3,(H,16,17). The maximum Gasteiger partial charge on any atom is 0.261 e. The first kappa shape index (κ1) is 17.3. The lowest BCUT2D eigenvalue weighted by Gasteiger charge is -2.19. The summed E-state index contributed by atoms with van der Waals surface area (Å²) in [6.45, 7) is 8.05. The van der Waals surface area contributed by atoms with Crippen LogP contribution in [0.3, 0.4) is 0 Å². The van der Waals surface area contributed by atoms with E-state index in [1.165, 1.54) is 12.1 Å². The van der Waals surface area contributed by atoms with Gasteiger partial charge in [-0.1, -0.05) is 32.4 Å². The van der Waals surface area contributed by atoms with Gasteiger partial charge < -0.3 is 5.32 Å². The van der Waals surface area contributed by atoms with Crippen LogP contribution in [0.2, 0.25) is 5.02 Å². The molecule has 0 aliphatic heterocycles. The summed E-state index contributed by atoms with van der Waals surface area (Å²) in [4.78, 5) is 12.0. The molecule has 0 atom stereocenters. The summed E-state index contributed by atoms with van der Waals surface area (Å²) in [5.74, 6) is -0.374. The van der Waals surface area contributed by atoms with E-state index in [1.807, 2.05) is 20.8 Å². The van der Waals surface area contributed by atoms with Crippen molar-refractivity contribution in [3.8, 4) is 0 Å². The zero-order chi connectivity index (χ0) is 15.7. The molecule has 1 amide bonds. The molecule has 0 unspecified atom stereocenters. The van der Waals surface area contributed by atoms with Crippen molar-refractivity contribution < 1.29 is 13.2 Å². The van der Waals surface area contributed by atoms with Crippen LogP contribution in [0.25, 0.3) is 0 Å². The van der Waals surface area contributed by atoms with Crippen molar-refractivity contribution in [3.05, 3.63) is 28.3 Å². The Bertz CT molecular complexity index is 634. The van der Waals surface area contributed by atoms with Gasteiger partial charge in [0.2, 0.25) is 0 Å². The number of benzene rings is 1. The fourth-order valence-electron chi connectivity index (χ4n) is 1.47. The van der Waals surface area contributed by atoms with Crippen molar-refractivity contribution in [2.45, 2.75) is 32.6 Å². The fraction of sp³-hybridized carbons (Fsp3) is 0.462. The van der Waals surface area contributed by atoms with Crippen LogP contribution in [-0.4, -0.2) is 20.9 Å². The summed E-state index contributed by atoms with van der Waals surface area (Å²) in [7, 11) is 1.36. The zero-order valence-electron chi connectivity index (χ0n) is 11.8. The number of rotatable bonds is 3. The average Bonchev–Trinajstić information content (AvgIpc) is 2.27. The molecule has 0 spiro atoms. The van der Waals surface area contributed by atoms with Gasteiger partial charge >= 0.3 is 0 Å². The Morgan fingerprint density at radius 2 is 1.85 bits per heavy atom. The minimum Gasteiger partial charge on any atom is -0.352 e. The minimum atomic E-state index is -3.93. The molecule has 20 heavy (non-hydrogen) atoms. The number of carbonyl (C=O) groups is 1. The van der Waals surface area contributed by atoms with E-state index in [-0.39, 0.29) is 26.8 Å². The molecule has 0 aliphatic rings. The molecule has 0 saturated heterocycles. The van der Waals surface area contributed by atoms with Crippen LogP contribution in [0.5, 0.6) is 0 Å². The quantitative estimate of drug-likeness (QED) is 0.860. The van der Waals surface area contributed by atoms with Gasteiger partial charge in [0.1, 0.15) is 0 Å². The van der Waals surface area contributed by atoms with Crippen LogP contribution in [0.1, 0.15) is 36.7 Å². The highest BCUT2D eigenvalue weighted by Gasteiger charge is 2.20. The summed E-state index contributed by atoms with van der Waals surface area (Å²) in [6.07, 6.45) is 0. The number of amides is 1. The second-order valence-corrected chi connectivity index (χ2v) is 8.73. The van der Waals surface area contributed by atoms with E-state index in [0.717, 1.165) is 0 Å². The smallest absolute Gasteiger partial charge is 0.261 e. The van der Waals surface area contributed by atoms with Crippen molar-refractivity contribution in [3.63, 3.8) is 0 Å². The highest BCUT2D eigenvalue weighted by Crippen LogP contribution is 2.26. The van der Waals surface area contributed by atoms with Crippen LogP contribution >= 0.6 is 22.3 Å². The third-order valence-corrected chi connectivity index (χ3v) is 4.35. The molecule has 112 valence electrons. The summed E-state index contributed by atoms with van der Waals surface area (Å²) in [5.41, 5.74) is 0.645. The van der Waals surface area contributed by atoms with E-state index in [2.05, 4.69) is 5.32 Å². The molecule has 4 nitrogen and oxygen atoms in total. The van der Waals surface area contributed by atoms with E-state index in [1.54, 1.807) is 6.92 Å². The Balaban J connectivity index is 3.18. The van der Waals surface area contributed by atoms with E-state index in [0.29, 0.717) is 12.1 Å². The van der Waals surface area contributed by atoms with Crippen molar-refractivity contribution in [2.75, 3.05) is 6.54 Å². The van der Waals surface area contributed by atoms with Crippen LogP contribution < -0.4 is 5.32 Å². The molecule has 1 aromatic rings.